The summed E-state index contributed by atoms with van der Waals surface area (Å²) >= 11 is 7.74. The summed E-state index contributed by atoms with van der Waals surface area (Å²) in [6.07, 6.45) is 5.20. The van der Waals surface area contributed by atoms with Gasteiger partial charge in [0.15, 0.2) is 4.96 Å². The summed E-state index contributed by atoms with van der Waals surface area (Å²) in [5, 5.41) is 2.86. The van der Waals surface area contributed by atoms with Crippen molar-refractivity contribution in [3.05, 3.63) is 46.6 Å². The van der Waals surface area contributed by atoms with Gasteiger partial charge in [0, 0.05) is 41.8 Å². The fraction of sp³-hybridized carbons (Fsp3) is 0.421. The Kier molecular flexibility index (Phi) is 4.05. The molecular formula is C19H20ClN3OS. The summed E-state index contributed by atoms with van der Waals surface area (Å²) in [5.41, 5.74) is 3.45. The number of morpholine rings is 1. The number of halogens is 1. The van der Waals surface area contributed by atoms with Gasteiger partial charge in [-0.05, 0) is 30.9 Å². The van der Waals surface area contributed by atoms with Gasteiger partial charge in [-0.3, -0.25) is 9.30 Å². The number of hydrogen-bond donors (Lipinski definition) is 0. The molecule has 5 rings (SSSR count). The normalized spacial score (nSPS) is 21.9. The van der Waals surface area contributed by atoms with Crippen LogP contribution in [-0.2, 0) is 11.3 Å². The number of aromatic nitrogens is 2. The smallest absolute Gasteiger partial charge is 0.194 e. The molecule has 6 heteroatoms. The van der Waals surface area contributed by atoms with Gasteiger partial charge in [0.25, 0.3) is 0 Å². The molecule has 1 atom stereocenters. The number of nitrogens with zero attached hydrogens (tertiary/aromatic N) is 3. The predicted octanol–water partition coefficient (Wildman–Crippen LogP) is 4.33. The van der Waals surface area contributed by atoms with E-state index in [2.05, 4.69) is 33.0 Å². The highest BCUT2D eigenvalue weighted by Gasteiger charge is 2.35. The minimum Gasteiger partial charge on any atom is -0.375 e. The van der Waals surface area contributed by atoms with Gasteiger partial charge in [-0.2, -0.15) is 0 Å². The lowest BCUT2D eigenvalue weighted by Gasteiger charge is -2.33. The van der Waals surface area contributed by atoms with Crippen molar-refractivity contribution in [1.82, 2.24) is 14.3 Å². The van der Waals surface area contributed by atoms with Crippen LogP contribution in [0.25, 0.3) is 16.2 Å². The molecule has 1 unspecified atom stereocenters. The lowest BCUT2D eigenvalue weighted by atomic mass is 10.1. The van der Waals surface area contributed by atoms with E-state index in [-0.39, 0.29) is 0 Å². The largest absolute Gasteiger partial charge is 0.375 e. The molecule has 3 aromatic rings. The monoisotopic (exact) mass is 373 g/mol. The van der Waals surface area contributed by atoms with Crippen LogP contribution in [0.4, 0.5) is 0 Å². The first-order valence-electron chi connectivity index (χ1n) is 8.82. The average molecular weight is 374 g/mol. The molecule has 3 heterocycles. The maximum absolute atomic E-state index is 6.06. The van der Waals surface area contributed by atoms with Crippen molar-refractivity contribution >= 4 is 27.9 Å². The van der Waals surface area contributed by atoms with Gasteiger partial charge >= 0.3 is 0 Å². The molecule has 25 heavy (non-hydrogen) atoms. The third-order valence-corrected chi connectivity index (χ3v) is 6.19. The molecule has 1 aliphatic carbocycles. The maximum Gasteiger partial charge on any atom is 0.194 e. The molecular weight excluding hydrogens is 354 g/mol. The summed E-state index contributed by atoms with van der Waals surface area (Å²) in [6, 6.07) is 7.99. The Morgan fingerprint density at radius 3 is 2.88 bits per heavy atom. The van der Waals surface area contributed by atoms with Crippen molar-refractivity contribution in [2.75, 3.05) is 19.7 Å². The number of hydrogen-bond acceptors (Lipinski definition) is 4. The van der Waals surface area contributed by atoms with Crippen LogP contribution in [0.3, 0.4) is 0 Å². The summed E-state index contributed by atoms with van der Waals surface area (Å²) in [5.74, 6) is 0.783. The van der Waals surface area contributed by atoms with E-state index in [0.717, 1.165) is 53.4 Å². The standard InChI is InChI=1S/C19H20ClN3OS/c20-15-5-3-14(4-6-15)18-16(23-8-10-25-19(23)21-18)11-22-7-9-24-17(12-22)13-1-2-13/h3-6,8,10,13,17H,1-2,7,9,11-12H2. The van der Waals surface area contributed by atoms with Crippen LogP contribution in [-0.4, -0.2) is 40.1 Å². The van der Waals surface area contributed by atoms with E-state index in [9.17, 15) is 0 Å². The first-order chi connectivity index (χ1) is 12.3. The van der Waals surface area contributed by atoms with Gasteiger partial charge in [0.2, 0.25) is 0 Å². The van der Waals surface area contributed by atoms with Crippen molar-refractivity contribution in [2.24, 2.45) is 5.92 Å². The highest BCUT2D eigenvalue weighted by Crippen LogP contribution is 2.36. The number of rotatable bonds is 4. The number of imidazole rings is 1. The van der Waals surface area contributed by atoms with E-state index in [4.69, 9.17) is 21.3 Å². The van der Waals surface area contributed by atoms with Gasteiger partial charge in [0.05, 0.1) is 24.1 Å². The third-order valence-electron chi connectivity index (χ3n) is 5.18. The van der Waals surface area contributed by atoms with Crippen molar-refractivity contribution in [3.63, 3.8) is 0 Å². The second-order valence-corrected chi connectivity index (χ2v) is 8.26. The summed E-state index contributed by atoms with van der Waals surface area (Å²) in [4.78, 5) is 8.45. The van der Waals surface area contributed by atoms with Crippen molar-refractivity contribution in [2.45, 2.75) is 25.5 Å². The number of thiazole rings is 1. The highest BCUT2D eigenvalue weighted by molar-refractivity contribution is 7.15. The molecule has 2 aromatic heterocycles. The molecule has 0 bridgehead atoms. The van der Waals surface area contributed by atoms with E-state index >= 15 is 0 Å². The summed E-state index contributed by atoms with van der Waals surface area (Å²) in [6.45, 7) is 3.76. The van der Waals surface area contributed by atoms with Crippen LogP contribution in [0.1, 0.15) is 18.5 Å². The third kappa shape index (κ3) is 3.10. The van der Waals surface area contributed by atoms with E-state index in [1.54, 1.807) is 11.3 Å². The van der Waals surface area contributed by atoms with Crippen LogP contribution < -0.4 is 0 Å². The maximum atomic E-state index is 6.06. The number of ether oxygens (including phenoxy) is 1. The lowest BCUT2D eigenvalue weighted by molar-refractivity contribution is -0.0421. The second-order valence-electron chi connectivity index (χ2n) is 6.95. The second kappa shape index (κ2) is 6.40. The first kappa shape index (κ1) is 15.8. The number of benzene rings is 1. The van der Waals surface area contributed by atoms with E-state index in [0.29, 0.717) is 6.10 Å². The minimum atomic E-state index is 0.415. The van der Waals surface area contributed by atoms with Gasteiger partial charge in [-0.25, -0.2) is 4.98 Å². The van der Waals surface area contributed by atoms with Crippen LogP contribution in [0.5, 0.6) is 0 Å². The zero-order valence-electron chi connectivity index (χ0n) is 13.9. The predicted molar refractivity (Wildman–Crippen MR) is 101 cm³/mol. The Bertz CT molecular complexity index is 884. The molecule has 0 N–H and O–H groups in total. The molecule has 0 radical (unpaired) electrons. The van der Waals surface area contributed by atoms with Crippen LogP contribution in [0.15, 0.2) is 35.8 Å². The quantitative estimate of drug-likeness (QED) is 0.681. The molecule has 130 valence electrons. The van der Waals surface area contributed by atoms with E-state index in [1.165, 1.54) is 18.5 Å². The van der Waals surface area contributed by atoms with Crippen molar-refractivity contribution in [3.8, 4) is 11.3 Å². The van der Waals surface area contributed by atoms with Gasteiger partial charge in [0.1, 0.15) is 0 Å². The first-order valence-corrected chi connectivity index (χ1v) is 10.1. The fourth-order valence-corrected chi connectivity index (χ4v) is 4.52. The minimum absolute atomic E-state index is 0.415. The molecule has 1 saturated carbocycles. The molecule has 1 aliphatic heterocycles. The van der Waals surface area contributed by atoms with E-state index < -0.39 is 0 Å². The van der Waals surface area contributed by atoms with Gasteiger partial charge in [-0.1, -0.05) is 23.7 Å². The topological polar surface area (TPSA) is 29.8 Å². The molecule has 2 aliphatic rings. The lowest BCUT2D eigenvalue weighted by Crippen LogP contribution is -2.43. The Hall–Kier alpha value is -1.40. The molecule has 4 nitrogen and oxygen atoms in total. The molecule has 2 fully saturated rings. The Morgan fingerprint density at radius 1 is 1.24 bits per heavy atom. The van der Waals surface area contributed by atoms with Gasteiger partial charge < -0.3 is 4.74 Å². The molecule has 1 saturated heterocycles. The van der Waals surface area contributed by atoms with Crippen LogP contribution in [0, 0.1) is 5.92 Å². The Morgan fingerprint density at radius 2 is 2.08 bits per heavy atom. The zero-order valence-corrected chi connectivity index (χ0v) is 15.5. The molecule has 0 spiro atoms. The Balaban J connectivity index is 1.47. The summed E-state index contributed by atoms with van der Waals surface area (Å²) in [7, 11) is 0. The molecule has 0 amide bonds. The number of fused-ring (bicyclic) bond motifs is 1. The molecule has 1 aromatic carbocycles. The van der Waals surface area contributed by atoms with Crippen LogP contribution in [0.2, 0.25) is 5.02 Å². The van der Waals surface area contributed by atoms with Crippen LogP contribution >= 0.6 is 22.9 Å². The Labute approximate surface area is 156 Å². The van der Waals surface area contributed by atoms with E-state index in [1.807, 2.05) is 12.1 Å². The highest BCUT2D eigenvalue weighted by atomic mass is 35.5. The average Bonchev–Trinajstić information content (AvgIpc) is 3.29. The van der Waals surface area contributed by atoms with Crippen molar-refractivity contribution < 1.29 is 4.74 Å². The summed E-state index contributed by atoms with van der Waals surface area (Å²) < 4.78 is 8.21. The zero-order chi connectivity index (χ0) is 16.8. The van der Waals surface area contributed by atoms with Crippen molar-refractivity contribution in [1.29, 1.82) is 0 Å². The SMILES string of the molecule is Clc1ccc(-c2nc3sccn3c2CN2CCOC(C3CC3)C2)cc1. The van der Waals surface area contributed by atoms with Gasteiger partial charge in [-0.15, -0.1) is 11.3 Å². The fourth-order valence-electron chi connectivity index (χ4n) is 3.66.